The Labute approximate surface area is 119 Å². The van der Waals surface area contributed by atoms with Crippen LogP contribution in [0.25, 0.3) is 10.8 Å². The van der Waals surface area contributed by atoms with Crippen molar-refractivity contribution in [3.63, 3.8) is 0 Å². The summed E-state index contributed by atoms with van der Waals surface area (Å²) in [6, 6.07) is 15.3. The molecule has 96 valence electrons. The molecule has 0 aliphatic carbocycles. The molecule has 1 unspecified atom stereocenters. The number of halogens is 1. The second-order valence-electron chi connectivity index (χ2n) is 6.06. The van der Waals surface area contributed by atoms with Crippen LogP contribution in [0.15, 0.2) is 42.5 Å². The Morgan fingerprint density at radius 3 is 2.33 bits per heavy atom. The molecular formula is C17H21Br. The van der Waals surface area contributed by atoms with Crippen molar-refractivity contribution in [1.82, 2.24) is 0 Å². The Morgan fingerprint density at radius 1 is 1.00 bits per heavy atom. The van der Waals surface area contributed by atoms with E-state index in [0.29, 0.717) is 11.3 Å². The van der Waals surface area contributed by atoms with Gasteiger partial charge in [-0.3, -0.25) is 0 Å². The van der Waals surface area contributed by atoms with E-state index in [2.05, 4.69) is 79.2 Å². The van der Waals surface area contributed by atoms with Gasteiger partial charge in [0.1, 0.15) is 0 Å². The molecule has 0 saturated heterocycles. The topological polar surface area (TPSA) is 0 Å². The molecule has 0 aliphatic rings. The molecule has 0 aliphatic heterocycles. The van der Waals surface area contributed by atoms with Crippen LogP contribution in [0.2, 0.25) is 0 Å². The highest BCUT2D eigenvalue weighted by atomic mass is 79.9. The summed E-state index contributed by atoms with van der Waals surface area (Å²) in [5.74, 6) is 0.656. The van der Waals surface area contributed by atoms with Crippen molar-refractivity contribution in [3.05, 3.63) is 48.0 Å². The van der Waals surface area contributed by atoms with Crippen LogP contribution in [0.4, 0.5) is 0 Å². The minimum Gasteiger partial charge on any atom is -0.0925 e. The predicted octanol–water partition coefficient (Wildman–Crippen LogP) is 5.44. The maximum absolute atomic E-state index is 3.67. The Bertz CT molecular complexity index is 517. The summed E-state index contributed by atoms with van der Waals surface area (Å²) in [5, 5.41) is 3.80. The molecule has 0 aromatic heterocycles. The Kier molecular flexibility index (Phi) is 4.11. The number of rotatable bonds is 3. The minimum atomic E-state index is 0.334. The van der Waals surface area contributed by atoms with E-state index in [-0.39, 0.29) is 0 Å². The Hall–Kier alpha value is -0.820. The van der Waals surface area contributed by atoms with Gasteiger partial charge in [0.2, 0.25) is 0 Å². The van der Waals surface area contributed by atoms with E-state index in [4.69, 9.17) is 0 Å². The lowest BCUT2D eigenvalue weighted by Gasteiger charge is -2.29. The third-order valence-corrected chi connectivity index (χ3v) is 4.54. The van der Waals surface area contributed by atoms with Crippen molar-refractivity contribution >= 4 is 26.7 Å². The monoisotopic (exact) mass is 304 g/mol. The van der Waals surface area contributed by atoms with Crippen molar-refractivity contribution in [3.8, 4) is 0 Å². The molecule has 0 fully saturated rings. The van der Waals surface area contributed by atoms with Gasteiger partial charge in [-0.15, -0.1) is 0 Å². The first-order valence-electron chi connectivity index (χ1n) is 6.55. The average molecular weight is 305 g/mol. The molecule has 0 heterocycles. The summed E-state index contributed by atoms with van der Waals surface area (Å²) in [4.78, 5) is 0. The summed E-state index contributed by atoms with van der Waals surface area (Å²) < 4.78 is 0. The Balaban J connectivity index is 2.37. The standard InChI is InChI=1S/C17H21Br/c1-17(2,3)15(12-18)11-14-9-6-8-13-7-4-5-10-16(13)14/h4-10,15H,11-12H2,1-3H3. The molecule has 18 heavy (non-hydrogen) atoms. The summed E-state index contributed by atoms with van der Waals surface area (Å²) in [6.45, 7) is 6.97. The first-order valence-corrected chi connectivity index (χ1v) is 7.67. The molecule has 0 N–H and O–H groups in total. The lowest BCUT2D eigenvalue weighted by atomic mass is 9.78. The fourth-order valence-electron chi connectivity index (χ4n) is 2.33. The third-order valence-electron chi connectivity index (χ3n) is 3.76. The molecular weight excluding hydrogens is 284 g/mol. The smallest absolute Gasteiger partial charge is 0.00678 e. The van der Waals surface area contributed by atoms with Crippen LogP contribution in [0.1, 0.15) is 26.3 Å². The third kappa shape index (κ3) is 2.95. The van der Waals surface area contributed by atoms with Crippen LogP contribution in [-0.4, -0.2) is 5.33 Å². The van der Waals surface area contributed by atoms with E-state index in [9.17, 15) is 0 Å². The predicted molar refractivity (Wildman–Crippen MR) is 84.4 cm³/mol. The van der Waals surface area contributed by atoms with Gasteiger partial charge in [0, 0.05) is 5.33 Å². The second kappa shape index (κ2) is 5.44. The lowest BCUT2D eigenvalue weighted by Crippen LogP contribution is -2.24. The van der Waals surface area contributed by atoms with E-state index in [1.807, 2.05) is 0 Å². The molecule has 0 amide bonds. The average Bonchev–Trinajstić information content (AvgIpc) is 2.34. The highest BCUT2D eigenvalue weighted by Crippen LogP contribution is 2.32. The number of hydrogen-bond donors (Lipinski definition) is 0. The molecule has 0 radical (unpaired) electrons. The maximum atomic E-state index is 3.67. The largest absolute Gasteiger partial charge is 0.0925 e. The van der Waals surface area contributed by atoms with E-state index in [1.54, 1.807) is 0 Å². The van der Waals surface area contributed by atoms with Crippen molar-refractivity contribution in [1.29, 1.82) is 0 Å². The molecule has 1 atom stereocenters. The van der Waals surface area contributed by atoms with Gasteiger partial charge in [0.15, 0.2) is 0 Å². The fraction of sp³-hybridized carbons (Fsp3) is 0.412. The lowest BCUT2D eigenvalue weighted by molar-refractivity contribution is 0.267. The van der Waals surface area contributed by atoms with E-state index in [1.165, 1.54) is 16.3 Å². The second-order valence-corrected chi connectivity index (χ2v) is 6.71. The highest BCUT2D eigenvalue weighted by Gasteiger charge is 2.24. The molecule has 0 bridgehead atoms. The van der Waals surface area contributed by atoms with E-state index in [0.717, 1.165) is 11.8 Å². The summed E-state index contributed by atoms with van der Waals surface area (Å²) in [6.07, 6.45) is 1.14. The first kappa shape index (κ1) is 13.6. The van der Waals surface area contributed by atoms with Gasteiger partial charge in [0.05, 0.1) is 0 Å². The summed E-state index contributed by atoms with van der Waals surface area (Å²) in [5.41, 5.74) is 1.80. The number of hydrogen-bond acceptors (Lipinski definition) is 0. The van der Waals surface area contributed by atoms with Gasteiger partial charge in [-0.05, 0) is 34.1 Å². The molecule has 0 spiro atoms. The van der Waals surface area contributed by atoms with E-state index < -0.39 is 0 Å². The normalized spacial score (nSPS) is 13.8. The SMILES string of the molecule is CC(C)(C)C(CBr)Cc1cccc2ccccc12. The van der Waals surface area contributed by atoms with Crippen molar-refractivity contribution in [2.75, 3.05) is 5.33 Å². The summed E-state index contributed by atoms with van der Waals surface area (Å²) in [7, 11) is 0. The van der Waals surface area contributed by atoms with Crippen molar-refractivity contribution in [2.24, 2.45) is 11.3 Å². The molecule has 2 aromatic carbocycles. The Morgan fingerprint density at radius 2 is 1.67 bits per heavy atom. The van der Waals surface area contributed by atoms with Crippen LogP contribution in [0, 0.1) is 11.3 Å². The van der Waals surface area contributed by atoms with Crippen LogP contribution >= 0.6 is 15.9 Å². The van der Waals surface area contributed by atoms with Gasteiger partial charge >= 0.3 is 0 Å². The van der Waals surface area contributed by atoms with Gasteiger partial charge in [-0.25, -0.2) is 0 Å². The van der Waals surface area contributed by atoms with Gasteiger partial charge in [-0.2, -0.15) is 0 Å². The summed E-state index contributed by atoms with van der Waals surface area (Å²) >= 11 is 3.67. The van der Waals surface area contributed by atoms with Crippen molar-refractivity contribution in [2.45, 2.75) is 27.2 Å². The maximum Gasteiger partial charge on any atom is 0.00678 e. The zero-order valence-corrected chi connectivity index (χ0v) is 13.0. The van der Waals surface area contributed by atoms with Gasteiger partial charge in [0.25, 0.3) is 0 Å². The van der Waals surface area contributed by atoms with Gasteiger partial charge in [-0.1, -0.05) is 79.2 Å². The quantitative estimate of drug-likeness (QED) is 0.662. The molecule has 1 heteroatoms. The van der Waals surface area contributed by atoms with E-state index >= 15 is 0 Å². The minimum absolute atomic E-state index is 0.334. The number of benzene rings is 2. The van der Waals surface area contributed by atoms with Crippen LogP contribution in [0.3, 0.4) is 0 Å². The molecule has 0 saturated carbocycles. The van der Waals surface area contributed by atoms with Crippen LogP contribution in [-0.2, 0) is 6.42 Å². The zero-order chi connectivity index (χ0) is 13.2. The molecule has 0 nitrogen and oxygen atoms in total. The van der Waals surface area contributed by atoms with Crippen molar-refractivity contribution < 1.29 is 0 Å². The fourth-order valence-corrected chi connectivity index (χ4v) is 3.53. The number of fused-ring (bicyclic) bond motifs is 1. The number of alkyl halides is 1. The highest BCUT2D eigenvalue weighted by molar-refractivity contribution is 9.09. The molecule has 2 rings (SSSR count). The first-order chi connectivity index (χ1) is 8.52. The zero-order valence-electron chi connectivity index (χ0n) is 11.4. The van der Waals surface area contributed by atoms with Crippen LogP contribution < -0.4 is 0 Å². The molecule has 2 aromatic rings. The van der Waals surface area contributed by atoms with Crippen LogP contribution in [0.5, 0.6) is 0 Å². The van der Waals surface area contributed by atoms with Gasteiger partial charge < -0.3 is 0 Å².